The highest BCUT2D eigenvalue weighted by atomic mass is 35.5. The lowest BCUT2D eigenvalue weighted by Crippen LogP contribution is -2.39. The summed E-state index contributed by atoms with van der Waals surface area (Å²) in [5, 5.41) is 0.762. The second kappa shape index (κ2) is 30.9. The van der Waals surface area contributed by atoms with Crippen molar-refractivity contribution in [1.82, 2.24) is 4.90 Å². The zero-order valence-electron chi connectivity index (χ0n) is 32.9. The van der Waals surface area contributed by atoms with Crippen molar-refractivity contribution >= 4 is 17.2 Å². The fraction of sp³-hybridized carbons (Fsp3) is 0.600. The van der Waals surface area contributed by atoms with Crippen LogP contribution in [-0.2, 0) is 0 Å². The quantitative estimate of drug-likeness (QED) is 0.169. The Morgan fingerprint density at radius 2 is 1.46 bits per heavy atom. The molecule has 0 radical (unpaired) electrons. The Labute approximate surface area is 304 Å². The van der Waals surface area contributed by atoms with Crippen molar-refractivity contribution in [3.8, 4) is 0 Å². The fourth-order valence-corrected chi connectivity index (χ4v) is 6.57. The average molecular weight is 685 g/mol. The molecule has 0 aromatic heterocycles. The van der Waals surface area contributed by atoms with E-state index in [1.807, 2.05) is 39.8 Å². The van der Waals surface area contributed by atoms with Crippen LogP contribution in [0.5, 0.6) is 0 Å². The maximum atomic E-state index is 13.7. The summed E-state index contributed by atoms with van der Waals surface area (Å²) < 4.78 is 13.7. The van der Waals surface area contributed by atoms with Crippen molar-refractivity contribution in [2.75, 3.05) is 13.1 Å². The van der Waals surface area contributed by atoms with Crippen LogP contribution in [0, 0.1) is 24.6 Å². The maximum absolute atomic E-state index is 13.7. The van der Waals surface area contributed by atoms with E-state index in [-0.39, 0.29) is 5.82 Å². The third-order valence-electron chi connectivity index (χ3n) is 8.64. The number of likely N-dealkylation sites (tertiary alicyclic amines) is 1. The summed E-state index contributed by atoms with van der Waals surface area (Å²) in [7, 11) is 0. The summed E-state index contributed by atoms with van der Waals surface area (Å²) >= 11 is 5.99. The van der Waals surface area contributed by atoms with Gasteiger partial charge in [-0.05, 0) is 130 Å². The van der Waals surface area contributed by atoms with Crippen LogP contribution in [0.1, 0.15) is 155 Å². The third kappa shape index (κ3) is 22.5. The first-order valence-corrected chi connectivity index (χ1v) is 19.4. The van der Waals surface area contributed by atoms with E-state index in [0.717, 1.165) is 47.4 Å². The third-order valence-corrected chi connectivity index (χ3v) is 8.89. The van der Waals surface area contributed by atoms with Gasteiger partial charge in [0.25, 0.3) is 0 Å². The fourth-order valence-electron chi connectivity index (χ4n) is 6.45. The van der Waals surface area contributed by atoms with E-state index in [9.17, 15) is 4.39 Å². The summed E-state index contributed by atoms with van der Waals surface area (Å²) in [5.74, 6) is 1.77. The number of benzene rings is 2. The monoisotopic (exact) mass is 684 g/mol. The molecule has 1 aliphatic heterocycles. The van der Waals surface area contributed by atoms with Gasteiger partial charge in [-0.1, -0.05) is 129 Å². The average Bonchev–Trinajstić information content (AvgIpc) is 3.07. The zero-order chi connectivity index (χ0) is 36.9. The highest BCUT2D eigenvalue weighted by molar-refractivity contribution is 6.30. The molecule has 0 amide bonds. The van der Waals surface area contributed by atoms with Crippen molar-refractivity contribution in [2.24, 2.45) is 11.8 Å². The molecular weight excluding hydrogens is 609 g/mol. The number of rotatable bonds is 15. The van der Waals surface area contributed by atoms with Gasteiger partial charge in [0.05, 0.1) is 0 Å². The molecule has 1 fully saturated rings. The van der Waals surface area contributed by atoms with E-state index >= 15 is 0 Å². The van der Waals surface area contributed by atoms with Crippen LogP contribution in [0.25, 0.3) is 5.57 Å². The Hall–Kier alpha value is -2.16. The molecule has 0 N–H and O–H groups in total. The number of hydrogen-bond acceptors (Lipinski definition) is 1. The minimum absolute atomic E-state index is 0.125. The standard InChI is InChI=1S/C25H32ClF.C13H27N.C3H6.C2H6.C2H4/c1-5-7-21(16-20(4)22-10-12-24(26)13-11-22)9-6-8-19(3)23-14-18(2)15-25(27)17-23;1-4-8-13(11-12(2)3)14-9-6-5-7-10-14;1-3-2;2*1-2/h10-15,17,19,21H,4-9,16H2,1-3H3;12-13H,4-11H2,1-3H3;3H,1H2,2H3;1-2H3;1-2H2. The summed E-state index contributed by atoms with van der Waals surface area (Å²) in [5.41, 5.74) is 4.49. The summed E-state index contributed by atoms with van der Waals surface area (Å²) in [6.45, 7) is 35.7. The van der Waals surface area contributed by atoms with Gasteiger partial charge in [0.15, 0.2) is 0 Å². The van der Waals surface area contributed by atoms with E-state index < -0.39 is 0 Å². The van der Waals surface area contributed by atoms with Crippen molar-refractivity contribution in [1.29, 1.82) is 0 Å². The van der Waals surface area contributed by atoms with Crippen LogP contribution in [-0.4, -0.2) is 24.0 Å². The van der Waals surface area contributed by atoms with Crippen molar-refractivity contribution < 1.29 is 4.39 Å². The lowest BCUT2D eigenvalue weighted by atomic mass is 9.86. The van der Waals surface area contributed by atoms with Crippen LogP contribution < -0.4 is 0 Å². The first-order valence-electron chi connectivity index (χ1n) is 19.1. The zero-order valence-corrected chi connectivity index (χ0v) is 33.6. The van der Waals surface area contributed by atoms with Crippen molar-refractivity contribution in [2.45, 2.75) is 151 Å². The van der Waals surface area contributed by atoms with Gasteiger partial charge in [0.1, 0.15) is 5.82 Å². The Bertz CT molecular complexity index is 1030. The summed E-state index contributed by atoms with van der Waals surface area (Å²) in [6.07, 6.45) is 17.1. The van der Waals surface area contributed by atoms with Crippen LogP contribution >= 0.6 is 11.6 Å². The highest BCUT2D eigenvalue weighted by Gasteiger charge is 2.20. The van der Waals surface area contributed by atoms with Crippen molar-refractivity contribution in [3.63, 3.8) is 0 Å². The highest BCUT2D eigenvalue weighted by Crippen LogP contribution is 2.30. The number of hydrogen-bond donors (Lipinski definition) is 0. The molecule has 1 heterocycles. The number of nitrogens with zero attached hydrogens (tertiary/aromatic N) is 1. The Balaban J connectivity index is 0. The first-order chi connectivity index (χ1) is 23.0. The second-order valence-electron chi connectivity index (χ2n) is 13.4. The van der Waals surface area contributed by atoms with Gasteiger partial charge in [0.2, 0.25) is 0 Å². The molecule has 3 unspecified atom stereocenters. The molecule has 48 heavy (non-hydrogen) atoms. The molecule has 0 bridgehead atoms. The molecule has 3 rings (SSSR count). The van der Waals surface area contributed by atoms with Gasteiger partial charge >= 0.3 is 0 Å². The van der Waals surface area contributed by atoms with Crippen molar-refractivity contribution in [3.05, 3.63) is 102 Å². The molecule has 2 aromatic rings. The molecular formula is C45H75ClFN. The van der Waals surface area contributed by atoms with E-state index in [1.165, 1.54) is 82.0 Å². The number of halogens is 2. The molecule has 0 spiro atoms. The molecule has 1 saturated heterocycles. The number of aryl methyl sites for hydroxylation is 1. The Morgan fingerprint density at radius 3 is 1.96 bits per heavy atom. The van der Waals surface area contributed by atoms with E-state index in [1.54, 1.807) is 18.2 Å². The minimum Gasteiger partial charge on any atom is -0.300 e. The Morgan fingerprint density at radius 1 is 0.896 bits per heavy atom. The van der Waals surface area contributed by atoms with Crippen LogP contribution in [0.3, 0.4) is 0 Å². The van der Waals surface area contributed by atoms with E-state index in [2.05, 4.69) is 84.0 Å². The van der Waals surface area contributed by atoms with Crippen LogP contribution in [0.2, 0.25) is 5.02 Å². The molecule has 274 valence electrons. The van der Waals surface area contributed by atoms with Gasteiger partial charge in [0, 0.05) is 11.1 Å². The van der Waals surface area contributed by atoms with E-state index in [4.69, 9.17) is 11.6 Å². The molecule has 2 aromatic carbocycles. The lowest BCUT2D eigenvalue weighted by molar-refractivity contribution is 0.136. The predicted molar refractivity (Wildman–Crippen MR) is 219 cm³/mol. The SMILES string of the molecule is C=C.C=C(CC(CCC)CCCC(C)c1cc(C)cc(F)c1)c1ccc(Cl)cc1.C=CC.CC.CCCC(CC(C)C)N1CCCCC1. The van der Waals surface area contributed by atoms with Crippen LogP contribution in [0.4, 0.5) is 4.39 Å². The predicted octanol–water partition coefficient (Wildman–Crippen LogP) is 15.3. The van der Waals surface area contributed by atoms with E-state index in [0.29, 0.717) is 11.8 Å². The van der Waals surface area contributed by atoms with Gasteiger partial charge in [-0.3, -0.25) is 0 Å². The normalized spacial score (nSPS) is 14.2. The molecule has 1 aliphatic rings. The van der Waals surface area contributed by atoms with Gasteiger partial charge < -0.3 is 4.90 Å². The topological polar surface area (TPSA) is 3.24 Å². The smallest absolute Gasteiger partial charge is 0.123 e. The minimum atomic E-state index is -0.125. The maximum Gasteiger partial charge on any atom is 0.123 e. The molecule has 0 aliphatic carbocycles. The summed E-state index contributed by atoms with van der Waals surface area (Å²) in [6, 6.07) is 14.2. The Kier molecular flexibility index (Phi) is 30.8. The lowest BCUT2D eigenvalue weighted by Gasteiger charge is -2.35. The molecule has 0 saturated carbocycles. The van der Waals surface area contributed by atoms with Gasteiger partial charge in [-0.15, -0.1) is 19.7 Å². The number of piperidine rings is 1. The largest absolute Gasteiger partial charge is 0.300 e. The number of allylic oxidation sites excluding steroid dienone is 2. The van der Waals surface area contributed by atoms with Crippen LogP contribution in [0.15, 0.2) is 74.9 Å². The van der Waals surface area contributed by atoms with Gasteiger partial charge in [-0.2, -0.15) is 0 Å². The first kappa shape index (κ1) is 48.0. The summed E-state index contributed by atoms with van der Waals surface area (Å²) in [4.78, 5) is 2.74. The molecule has 3 atom stereocenters. The molecule has 1 nitrogen and oxygen atoms in total. The van der Waals surface area contributed by atoms with Gasteiger partial charge in [-0.25, -0.2) is 4.39 Å². The molecule has 3 heteroatoms. The second-order valence-corrected chi connectivity index (χ2v) is 13.9.